The number of hydrogen-bond acceptors (Lipinski definition) is 4. The largest absolute Gasteiger partial charge is 0.480 e. The van der Waals surface area contributed by atoms with E-state index in [1.165, 1.54) is 24.7 Å². The fourth-order valence-corrected chi connectivity index (χ4v) is 3.89. The van der Waals surface area contributed by atoms with E-state index in [2.05, 4.69) is 41.2 Å². The first kappa shape index (κ1) is 18.4. The van der Waals surface area contributed by atoms with Crippen LogP contribution in [0.25, 0.3) is 22.0 Å². The van der Waals surface area contributed by atoms with Gasteiger partial charge in [0.25, 0.3) is 5.56 Å². The normalized spacial score (nSPS) is 15.8. The number of fused-ring (bicyclic) bond motifs is 1. The highest BCUT2D eigenvalue weighted by molar-refractivity contribution is 5.83. The molecule has 0 atom stereocenters. The lowest BCUT2D eigenvalue weighted by molar-refractivity contribution is -0.137. The first-order valence-corrected chi connectivity index (χ1v) is 9.51. The van der Waals surface area contributed by atoms with Gasteiger partial charge in [-0.15, -0.1) is 0 Å². The first-order chi connectivity index (χ1) is 13.5. The average Bonchev–Trinajstić information content (AvgIpc) is 2.70. The molecule has 1 saturated heterocycles. The minimum atomic E-state index is -1.07. The van der Waals surface area contributed by atoms with Gasteiger partial charge in [0.1, 0.15) is 6.54 Å². The summed E-state index contributed by atoms with van der Waals surface area (Å²) < 4.78 is 1.12. The highest BCUT2D eigenvalue weighted by Gasteiger charge is 2.18. The molecular formula is C22H23N3O3. The van der Waals surface area contributed by atoms with Gasteiger partial charge in [0, 0.05) is 0 Å². The third kappa shape index (κ3) is 3.68. The standard InChI is InChI=1S/C22H23N3O3/c1-24-10-8-17(9-11-24)15-2-4-16(5-3-15)18-6-7-20-19(12-18)22(28)25(14-23-20)13-21(26)27/h2-7,12,14,17H,8-11,13H2,1H3,(H,26,27). The molecular weight excluding hydrogens is 354 g/mol. The first-order valence-electron chi connectivity index (χ1n) is 9.51. The van der Waals surface area contributed by atoms with Crippen molar-refractivity contribution in [2.75, 3.05) is 20.1 Å². The third-order valence-corrected chi connectivity index (χ3v) is 5.56. The van der Waals surface area contributed by atoms with Gasteiger partial charge in [-0.1, -0.05) is 30.3 Å². The molecule has 2 heterocycles. The number of hydrogen-bond donors (Lipinski definition) is 1. The van der Waals surface area contributed by atoms with E-state index in [-0.39, 0.29) is 5.56 Å². The molecule has 2 aromatic carbocycles. The maximum atomic E-state index is 12.6. The van der Waals surface area contributed by atoms with Crippen LogP contribution in [0.2, 0.25) is 0 Å². The van der Waals surface area contributed by atoms with Gasteiger partial charge in [0.2, 0.25) is 0 Å². The van der Waals surface area contributed by atoms with Crippen LogP contribution >= 0.6 is 0 Å². The van der Waals surface area contributed by atoms with E-state index in [1.54, 1.807) is 6.07 Å². The molecule has 0 radical (unpaired) electrons. The van der Waals surface area contributed by atoms with Crippen molar-refractivity contribution in [3.63, 3.8) is 0 Å². The van der Waals surface area contributed by atoms with E-state index < -0.39 is 12.5 Å². The summed E-state index contributed by atoms with van der Waals surface area (Å²) in [6.07, 6.45) is 3.65. The van der Waals surface area contributed by atoms with E-state index in [1.807, 2.05) is 12.1 Å². The summed E-state index contributed by atoms with van der Waals surface area (Å²) in [5.41, 5.74) is 3.56. The van der Waals surface area contributed by atoms with Crippen LogP contribution in [-0.4, -0.2) is 45.7 Å². The van der Waals surface area contributed by atoms with Crippen molar-refractivity contribution in [3.8, 4) is 11.1 Å². The summed E-state index contributed by atoms with van der Waals surface area (Å²) in [7, 11) is 2.17. The van der Waals surface area contributed by atoms with Gasteiger partial charge in [-0.25, -0.2) is 4.98 Å². The summed E-state index contributed by atoms with van der Waals surface area (Å²) in [6, 6.07) is 14.1. The molecule has 6 heteroatoms. The molecule has 0 bridgehead atoms. The van der Waals surface area contributed by atoms with Gasteiger partial charge in [-0.2, -0.15) is 0 Å². The van der Waals surface area contributed by atoms with Gasteiger partial charge in [0.15, 0.2) is 0 Å². The van der Waals surface area contributed by atoms with E-state index in [9.17, 15) is 9.59 Å². The van der Waals surface area contributed by atoms with E-state index >= 15 is 0 Å². The van der Waals surface area contributed by atoms with Gasteiger partial charge in [-0.3, -0.25) is 14.2 Å². The Labute approximate surface area is 163 Å². The maximum absolute atomic E-state index is 12.6. The smallest absolute Gasteiger partial charge is 0.323 e. The number of likely N-dealkylation sites (tertiary alicyclic amines) is 1. The van der Waals surface area contributed by atoms with Crippen LogP contribution < -0.4 is 5.56 Å². The highest BCUT2D eigenvalue weighted by Crippen LogP contribution is 2.30. The van der Waals surface area contributed by atoms with Crippen LogP contribution in [0, 0.1) is 0 Å². The second-order valence-electron chi connectivity index (χ2n) is 7.50. The van der Waals surface area contributed by atoms with Gasteiger partial charge in [0.05, 0.1) is 17.2 Å². The van der Waals surface area contributed by atoms with E-state index in [4.69, 9.17) is 5.11 Å². The van der Waals surface area contributed by atoms with Gasteiger partial charge < -0.3 is 10.0 Å². The van der Waals surface area contributed by atoms with Crippen LogP contribution in [-0.2, 0) is 11.3 Å². The number of aliphatic carboxylic acids is 1. The number of aromatic nitrogens is 2. The summed E-state index contributed by atoms with van der Waals surface area (Å²) >= 11 is 0. The predicted molar refractivity (Wildman–Crippen MR) is 109 cm³/mol. The Balaban J connectivity index is 1.64. The molecule has 1 aliphatic rings. The number of carboxylic acid groups (broad SMARTS) is 1. The number of nitrogens with zero attached hydrogens (tertiary/aromatic N) is 3. The summed E-state index contributed by atoms with van der Waals surface area (Å²) in [4.78, 5) is 30.1. The molecule has 144 valence electrons. The fraction of sp³-hybridized carbons (Fsp3) is 0.318. The molecule has 0 amide bonds. The second-order valence-corrected chi connectivity index (χ2v) is 7.50. The Bertz CT molecular complexity index is 1060. The summed E-state index contributed by atoms with van der Waals surface area (Å²) in [5.74, 6) is -0.460. The number of piperidine rings is 1. The Morgan fingerprint density at radius 2 is 1.79 bits per heavy atom. The zero-order valence-electron chi connectivity index (χ0n) is 15.8. The van der Waals surface area contributed by atoms with Crippen molar-refractivity contribution in [2.24, 2.45) is 0 Å². The van der Waals surface area contributed by atoms with Crippen LogP contribution in [0.1, 0.15) is 24.3 Å². The van der Waals surface area contributed by atoms with Crippen LogP contribution in [0.5, 0.6) is 0 Å². The third-order valence-electron chi connectivity index (χ3n) is 5.56. The molecule has 0 aliphatic carbocycles. The van der Waals surface area contributed by atoms with E-state index in [0.717, 1.165) is 28.8 Å². The molecule has 1 aliphatic heterocycles. The quantitative estimate of drug-likeness (QED) is 0.757. The van der Waals surface area contributed by atoms with Crippen LogP contribution in [0.3, 0.4) is 0 Å². The maximum Gasteiger partial charge on any atom is 0.323 e. The second kappa shape index (κ2) is 7.56. The van der Waals surface area contributed by atoms with Crippen molar-refractivity contribution in [2.45, 2.75) is 25.3 Å². The Morgan fingerprint density at radius 1 is 1.11 bits per heavy atom. The van der Waals surface area contributed by atoms with Crippen molar-refractivity contribution >= 4 is 16.9 Å². The molecule has 4 rings (SSSR count). The Hall–Kier alpha value is -2.99. The number of carbonyl (C=O) groups is 1. The number of rotatable bonds is 4. The Morgan fingerprint density at radius 3 is 2.46 bits per heavy atom. The summed E-state index contributed by atoms with van der Waals surface area (Å²) in [5, 5.41) is 9.38. The number of carboxylic acids is 1. The highest BCUT2D eigenvalue weighted by atomic mass is 16.4. The van der Waals surface area contributed by atoms with Crippen molar-refractivity contribution in [1.82, 2.24) is 14.5 Å². The predicted octanol–water partition coefficient (Wildman–Crippen LogP) is 2.96. The zero-order valence-corrected chi connectivity index (χ0v) is 15.8. The molecule has 6 nitrogen and oxygen atoms in total. The van der Waals surface area contributed by atoms with Crippen LogP contribution in [0.15, 0.2) is 53.6 Å². The molecule has 1 aromatic heterocycles. The molecule has 28 heavy (non-hydrogen) atoms. The molecule has 3 aromatic rings. The van der Waals surface area contributed by atoms with Crippen molar-refractivity contribution in [1.29, 1.82) is 0 Å². The fourth-order valence-electron chi connectivity index (χ4n) is 3.89. The minimum absolute atomic E-state index is 0.336. The molecule has 1 fully saturated rings. The summed E-state index contributed by atoms with van der Waals surface area (Å²) in [6.45, 7) is 1.87. The lowest BCUT2D eigenvalue weighted by atomic mass is 9.88. The topological polar surface area (TPSA) is 75.4 Å². The monoisotopic (exact) mass is 377 g/mol. The van der Waals surface area contributed by atoms with Gasteiger partial charge in [-0.05, 0) is 67.7 Å². The van der Waals surface area contributed by atoms with Crippen LogP contribution in [0.4, 0.5) is 0 Å². The number of benzene rings is 2. The zero-order chi connectivity index (χ0) is 19.7. The van der Waals surface area contributed by atoms with Gasteiger partial charge >= 0.3 is 5.97 Å². The molecule has 0 spiro atoms. The van der Waals surface area contributed by atoms with Crippen molar-refractivity contribution < 1.29 is 9.90 Å². The average molecular weight is 377 g/mol. The molecule has 0 unspecified atom stereocenters. The van der Waals surface area contributed by atoms with Crippen molar-refractivity contribution in [3.05, 3.63) is 64.7 Å². The minimum Gasteiger partial charge on any atom is -0.480 e. The molecule has 0 saturated carbocycles. The SMILES string of the molecule is CN1CCC(c2ccc(-c3ccc4ncn(CC(=O)O)c(=O)c4c3)cc2)CC1. The lowest BCUT2D eigenvalue weighted by Crippen LogP contribution is -2.29. The molecule has 1 N–H and O–H groups in total. The lowest BCUT2D eigenvalue weighted by Gasteiger charge is -2.29. The van der Waals surface area contributed by atoms with E-state index in [0.29, 0.717) is 16.8 Å². The Kier molecular flexibility index (Phi) is 4.96.